The molecule has 3 heterocycles. The average Bonchev–Trinajstić information content (AvgIpc) is 3.15. The third kappa shape index (κ3) is 4.60. The molecule has 25 heavy (non-hydrogen) atoms. The summed E-state index contributed by atoms with van der Waals surface area (Å²) in [4.78, 5) is 27.1. The molecule has 0 aliphatic rings. The summed E-state index contributed by atoms with van der Waals surface area (Å²) in [6.45, 7) is 4.60. The smallest absolute Gasteiger partial charge is 0.227 e. The van der Waals surface area contributed by atoms with Gasteiger partial charge in [0.2, 0.25) is 16.3 Å². The summed E-state index contributed by atoms with van der Waals surface area (Å²) in [5.41, 5.74) is 1.12. The van der Waals surface area contributed by atoms with Crippen molar-refractivity contribution in [1.82, 2.24) is 30.1 Å². The number of anilines is 2. The quantitative estimate of drug-likeness (QED) is 0.538. The van der Waals surface area contributed by atoms with Crippen molar-refractivity contribution in [3.05, 3.63) is 16.6 Å². The number of carbonyl (C=O) groups excluding carboxylic acids is 1. The van der Waals surface area contributed by atoms with E-state index in [2.05, 4.69) is 54.6 Å². The molecule has 11 heteroatoms. The van der Waals surface area contributed by atoms with Gasteiger partial charge >= 0.3 is 0 Å². The van der Waals surface area contributed by atoms with Gasteiger partial charge in [0, 0.05) is 19.4 Å². The lowest BCUT2D eigenvalue weighted by molar-refractivity contribution is -0.115. The van der Waals surface area contributed by atoms with Crippen molar-refractivity contribution in [2.45, 2.75) is 26.7 Å². The summed E-state index contributed by atoms with van der Waals surface area (Å²) in [6.07, 6.45) is 2.61. The minimum Gasteiger partial charge on any atom is -0.368 e. The number of halogens is 1. The van der Waals surface area contributed by atoms with E-state index in [9.17, 15) is 4.79 Å². The van der Waals surface area contributed by atoms with Crippen molar-refractivity contribution < 1.29 is 4.79 Å². The fourth-order valence-electron chi connectivity index (χ4n) is 2.15. The lowest BCUT2D eigenvalue weighted by atomic mass is 10.1. The number of hydrogen-bond donors (Lipinski definition) is 3. The Morgan fingerprint density at radius 2 is 2.20 bits per heavy atom. The minimum atomic E-state index is -0.152. The van der Waals surface area contributed by atoms with E-state index in [0.29, 0.717) is 34.6 Å². The van der Waals surface area contributed by atoms with Crippen LogP contribution in [0, 0.1) is 5.92 Å². The zero-order chi connectivity index (χ0) is 17.8. The van der Waals surface area contributed by atoms with Crippen molar-refractivity contribution in [2.24, 2.45) is 5.92 Å². The fourth-order valence-corrected chi connectivity index (χ4v) is 3.28. The van der Waals surface area contributed by atoms with Crippen molar-refractivity contribution in [3.8, 4) is 0 Å². The Morgan fingerprint density at radius 1 is 1.36 bits per heavy atom. The summed E-state index contributed by atoms with van der Waals surface area (Å²) in [7, 11) is 0. The monoisotopic (exact) mass is 380 g/mol. The van der Waals surface area contributed by atoms with Crippen molar-refractivity contribution in [1.29, 1.82) is 0 Å². The summed E-state index contributed by atoms with van der Waals surface area (Å²) < 4.78 is 0. The van der Waals surface area contributed by atoms with Crippen LogP contribution < -0.4 is 10.6 Å². The van der Waals surface area contributed by atoms with Gasteiger partial charge < -0.3 is 15.6 Å². The van der Waals surface area contributed by atoms with Gasteiger partial charge in [0.25, 0.3) is 0 Å². The predicted octanol–water partition coefficient (Wildman–Crippen LogP) is 2.50. The maximum atomic E-state index is 12.0. The van der Waals surface area contributed by atoms with E-state index in [1.165, 1.54) is 17.7 Å². The van der Waals surface area contributed by atoms with E-state index in [1.807, 2.05) is 0 Å². The number of aromatic amines is 1. The van der Waals surface area contributed by atoms with Crippen LogP contribution in [-0.4, -0.2) is 42.6 Å². The van der Waals surface area contributed by atoms with Crippen LogP contribution in [0.1, 0.15) is 25.3 Å². The number of carbonyl (C=O) groups is 1. The standard InChI is InChI=1S/C14H17ClN8OS/c1-7(2)5-9-22-23-14(25-9)19-8(24)3-4-16-11-10-12(18-6-17-10)21-13(15)20-11/h6-7H,3-5H2,1-2H3,(H,19,23,24)(H2,16,17,18,20,21). The van der Waals surface area contributed by atoms with E-state index in [4.69, 9.17) is 11.6 Å². The topological polar surface area (TPSA) is 121 Å². The van der Waals surface area contributed by atoms with Gasteiger partial charge in [0.15, 0.2) is 11.5 Å². The molecule has 3 rings (SSSR count). The van der Waals surface area contributed by atoms with Crippen LogP contribution in [0.2, 0.25) is 5.28 Å². The van der Waals surface area contributed by atoms with Crippen LogP contribution in [0.3, 0.4) is 0 Å². The maximum absolute atomic E-state index is 12.0. The largest absolute Gasteiger partial charge is 0.368 e. The first-order chi connectivity index (χ1) is 12.0. The van der Waals surface area contributed by atoms with Gasteiger partial charge in [-0.15, -0.1) is 10.2 Å². The molecule has 0 unspecified atom stereocenters. The Kier molecular flexibility index (Phi) is 5.39. The molecule has 0 fully saturated rings. The van der Waals surface area contributed by atoms with Crippen molar-refractivity contribution in [3.63, 3.8) is 0 Å². The van der Waals surface area contributed by atoms with Gasteiger partial charge in [-0.1, -0.05) is 25.2 Å². The first-order valence-corrected chi connectivity index (χ1v) is 8.93. The van der Waals surface area contributed by atoms with Crippen LogP contribution >= 0.6 is 22.9 Å². The molecule has 0 aliphatic carbocycles. The maximum Gasteiger partial charge on any atom is 0.227 e. The third-order valence-corrected chi connectivity index (χ3v) is 4.23. The number of hydrogen-bond acceptors (Lipinski definition) is 8. The van der Waals surface area contributed by atoms with E-state index < -0.39 is 0 Å². The fraction of sp³-hybridized carbons (Fsp3) is 0.429. The van der Waals surface area contributed by atoms with E-state index in [1.54, 1.807) is 0 Å². The van der Waals surface area contributed by atoms with Crippen LogP contribution in [0.25, 0.3) is 11.2 Å². The van der Waals surface area contributed by atoms with Crippen LogP contribution in [0.15, 0.2) is 6.33 Å². The zero-order valence-electron chi connectivity index (χ0n) is 13.7. The average molecular weight is 381 g/mol. The molecule has 9 nitrogen and oxygen atoms in total. The summed E-state index contributed by atoms with van der Waals surface area (Å²) in [5, 5.41) is 15.4. The number of imidazole rings is 1. The summed E-state index contributed by atoms with van der Waals surface area (Å²) in [6, 6.07) is 0. The normalized spacial score (nSPS) is 11.2. The van der Waals surface area contributed by atoms with Crippen molar-refractivity contribution >= 4 is 51.0 Å². The second-order valence-electron chi connectivity index (χ2n) is 5.77. The number of amides is 1. The molecule has 0 saturated heterocycles. The SMILES string of the molecule is CC(C)Cc1nnc(NC(=O)CCNc2nc(Cl)nc3nc[nH]c23)s1. The van der Waals surface area contributed by atoms with Gasteiger partial charge in [-0.3, -0.25) is 4.79 Å². The molecule has 132 valence electrons. The van der Waals surface area contributed by atoms with Crippen LogP contribution in [0.4, 0.5) is 10.9 Å². The molecule has 0 aromatic carbocycles. The Bertz CT molecular complexity index is 877. The molecule has 3 aromatic heterocycles. The number of H-pyrrole nitrogens is 1. The molecular weight excluding hydrogens is 364 g/mol. The molecule has 0 radical (unpaired) electrons. The zero-order valence-corrected chi connectivity index (χ0v) is 15.3. The minimum absolute atomic E-state index is 0.0955. The summed E-state index contributed by atoms with van der Waals surface area (Å²) >= 11 is 7.26. The number of nitrogens with one attached hydrogen (secondary N) is 3. The highest BCUT2D eigenvalue weighted by Gasteiger charge is 2.11. The first-order valence-electron chi connectivity index (χ1n) is 7.74. The molecule has 3 aromatic rings. The highest BCUT2D eigenvalue weighted by Crippen LogP contribution is 2.19. The van der Waals surface area contributed by atoms with E-state index >= 15 is 0 Å². The molecule has 0 aliphatic heterocycles. The lowest BCUT2D eigenvalue weighted by Gasteiger charge is -2.06. The first kappa shape index (κ1) is 17.5. The molecule has 0 bridgehead atoms. The Labute approximate surface area is 152 Å². The van der Waals surface area contributed by atoms with Gasteiger partial charge in [0.1, 0.15) is 10.5 Å². The molecular formula is C14H17ClN8OS. The highest BCUT2D eigenvalue weighted by atomic mass is 35.5. The molecule has 0 saturated carbocycles. The van der Waals surface area contributed by atoms with Gasteiger partial charge in [-0.2, -0.15) is 9.97 Å². The summed E-state index contributed by atoms with van der Waals surface area (Å²) in [5.74, 6) is 0.857. The number of nitrogens with zero attached hydrogens (tertiary/aromatic N) is 5. The molecule has 3 N–H and O–H groups in total. The van der Waals surface area contributed by atoms with Crippen molar-refractivity contribution in [2.75, 3.05) is 17.2 Å². The Hall–Kier alpha value is -2.33. The van der Waals surface area contributed by atoms with Crippen LogP contribution in [0.5, 0.6) is 0 Å². The van der Waals surface area contributed by atoms with Gasteiger partial charge in [-0.05, 0) is 17.5 Å². The Morgan fingerprint density at radius 3 is 3.00 bits per heavy atom. The number of rotatable bonds is 7. The lowest BCUT2D eigenvalue weighted by Crippen LogP contribution is -2.16. The van der Waals surface area contributed by atoms with Crippen LogP contribution in [-0.2, 0) is 11.2 Å². The second kappa shape index (κ2) is 7.70. The van der Waals surface area contributed by atoms with E-state index in [0.717, 1.165) is 11.4 Å². The molecule has 0 atom stereocenters. The predicted molar refractivity (Wildman–Crippen MR) is 96.9 cm³/mol. The van der Waals surface area contributed by atoms with E-state index in [-0.39, 0.29) is 17.6 Å². The van der Waals surface area contributed by atoms with Gasteiger partial charge in [-0.25, -0.2) is 4.98 Å². The number of aromatic nitrogens is 6. The number of fused-ring (bicyclic) bond motifs is 1. The van der Waals surface area contributed by atoms with Gasteiger partial charge in [0.05, 0.1) is 6.33 Å². The highest BCUT2D eigenvalue weighted by molar-refractivity contribution is 7.15. The molecule has 1 amide bonds. The molecule has 0 spiro atoms. The third-order valence-electron chi connectivity index (χ3n) is 3.20. The Balaban J connectivity index is 1.52. The second-order valence-corrected chi connectivity index (χ2v) is 7.17.